The highest BCUT2D eigenvalue weighted by atomic mass is 16.5. The minimum Gasteiger partial charge on any atom is -0.427 e. The van der Waals surface area contributed by atoms with Gasteiger partial charge in [-0.25, -0.2) is 0 Å². The average Bonchev–Trinajstić information content (AvgIpc) is 2.54. The van der Waals surface area contributed by atoms with Gasteiger partial charge in [-0.1, -0.05) is 13.0 Å². The summed E-state index contributed by atoms with van der Waals surface area (Å²) in [7, 11) is 0. The predicted octanol–water partition coefficient (Wildman–Crippen LogP) is 1.74. The molecule has 1 N–H and O–H groups in total. The van der Waals surface area contributed by atoms with Crippen LogP contribution in [-0.2, 0) is 9.59 Å². The number of ether oxygens (including phenoxy) is 1. The van der Waals surface area contributed by atoms with Gasteiger partial charge in [0, 0.05) is 38.0 Å². The molecule has 1 saturated heterocycles. The molecule has 1 aliphatic heterocycles. The van der Waals surface area contributed by atoms with Crippen LogP contribution in [0.5, 0.6) is 5.75 Å². The fourth-order valence-electron chi connectivity index (χ4n) is 2.63. The molecular weight excluding hydrogens is 296 g/mol. The van der Waals surface area contributed by atoms with Crippen LogP contribution in [0.15, 0.2) is 24.3 Å². The summed E-state index contributed by atoms with van der Waals surface area (Å²) < 4.78 is 4.98. The van der Waals surface area contributed by atoms with E-state index >= 15 is 0 Å². The van der Waals surface area contributed by atoms with Crippen LogP contribution >= 0.6 is 0 Å². The maximum atomic E-state index is 12.3. The van der Waals surface area contributed by atoms with Gasteiger partial charge in [-0.2, -0.15) is 0 Å². The highest BCUT2D eigenvalue weighted by Gasteiger charge is 2.23. The third kappa shape index (κ3) is 4.81. The van der Waals surface area contributed by atoms with E-state index in [1.165, 1.54) is 6.92 Å². The van der Waals surface area contributed by atoms with Gasteiger partial charge in [-0.15, -0.1) is 0 Å². The smallest absolute Gasteiger partial charge is 0.308 e. The fourth-order valence-corrected chi connectivity index (χ4v) is 2.63. The number of amides is 2. The Morgan fingerprint density at radius 1 is 1.26 bits per heavy atom. The third-order valence-electron chi connectivity index (χ3n) is 3.84. The number of carbonyl (C=O) groups excluding carboxylic acids is 3. The minimum absolute atomic E-state index is 0.0563. The van der Waals surface area contributed by atoms with Crippen molar-refractivity contribution < 1.29 is 19.1 Å². The molecule has 1 aliphatic rings. The molecule has 0 saturated carbocycles. The number of esters is 1. The molecule has 1 heterocycles. The van der Waals surface area contributed by atoms with E-state index in [0.717, 1.165) is 12.8 Å². The number of hydrogen-bond acceptors (Lipinski definition) is 4. The lowest BCUT2D eigenvalue weighted by molar-refractivity contribution is -0.132. The zero-order valence-corrected chi connectivity index (χ0v) is 13.5. The number of likely N-dealkylation sites (tertiary alicyclic amines) is 1. The van der Waals surface area contributed by atoms with E-state index in [2.05, 4.69) is 5.32 Å². The van der Waals surface area contributed by atoms with Crippen LogP contribution in [0.4, 0.5) is 0 Å². The summed E-state index contributed by atoms with van der Waals surface area (Å²) >= 11 is 0. The van der Waals surface area contributed by atoms with Crippen LogP contribution in [0, 0.1) is 0 Å². The van der Waals surface area contributed by atoms with E-state index in [9.17, 15) is 14.4 Å². The number of rotatable bonds is 4. The molecule has 0 bridgehead atoms. The summed E-state index contributed by atoms with van der Waals surface area (Å²) in [4.78, 5) is 36.7. The lowest BCUT2D eigenvalue weighted by Crippen LogP contribution is -2.46. The van der Waals surface area contributed by atoms with Gasteiger partial charge in [0.05, 0.1) is 0 Å². The first-order valence-corrected chi connectivity index (χ1v) is 7.86. The van der Waals surface area contributed by atoms with Crippen molar-refractivity contribution in [1.29, 1.82) is 0 Å². The van der Waals surface area contributed by atoms with Gasteiger partial charge in [0.25, 0.3) is 5.91 Å². The largest absolute Gasteiger partial charge is 0.427 e. The Balaban J connectivity index is 1.90. The highest BCUT2D eigenvalue weighted by Crippen LogP contribution is 2.15. The zero-order valence-electron chi connectivity index (χ0n) is 13.5. The monoisotopic (exact) mass is 318 g/mol. The molecule has 2 rings (SSSR count). The van der Waals surface area contributed by atoms with E-state index < -0.39 is 5.97 Å². The second-order valence-electron chi connectivity index (χ2n) is 5.60. The highest BCUT2D eigenvalue weighted by molar-refractivity contribution is 5.95. The Hall–Kier alpha value is -2.37. The third-order valence-corrected chi connectivity index (χ3v) is 3.84. The summed E-state index contributed by atoms with van der Waals surface area (Å²) in [6, 6.07) is 6.59. The van der Waals surface area contributed by atoms with Gasteiger partial charge in [0.1, 0.15) is 5.75 Å². The van der Waals surface area contributed by atoms with Crippen molar-refractivity contribution >= 4 is 17.8 Å². The van der Waals surface area contributed by atoms with E-state index in [-0.39, 0.29) is 17.9 Å². The summed E-state index contributed by atoms with van der Waals surface area (Å²) in [6.07, 6.45) is 2.02. The molecule has 2 amide bonds. The molecule has 23 heavy (non-hydrogen) atoms. The molecule has 0 aromatic heterocycles. The van der Waals surface area contributed by atoms with E-state index in [1.54, 1.807) is 24.3 Å². The van der Waals surface area contributed by atoms with Gasteiger partial charge in [-0.3, -0.25) is 14.4 Å². The number of hydrogen-bond donors (Lipinski definition) is 1. The molecule has 0 spiro atoms. The molecule has 1 fully saturated rings. The van der Waals surface area contributed by atoms with Crippen molar-refractivity contribution in [2.45, 2.75) is 39.2 Å². The summed E-state index contributed by atoms with van der Waals surface area (Å²) in [6.45, 7) is 4.51. The quantitative estimate of drug-likeness (QED) is 0.678. The number of piperidine rings is 1. The Bertz CT molecular complexity index is 592. The van der Waals surface area contributed by atoms with Crippen molar-refractivity contribution in [2.75, 3.05) is 13.1 Å². The first kappa shape index (κ1) is 17.0. The lowest BCUT2D eigenvalue weighted by Gasteiger charge is -2.32. The second kappa shape index (κ2) is 7.76. The lowest BCUT2D eigenvalue weighted by atomic mass is 10.0. The van der Waals surface area contributed by atoms with Crippen molar-refractivity contribution in [1.82, 2.24) is 10.2 Å². The first-order valence-electron chi connectivity index (χ1n) is 7.86. The fraction of sp³-hybridized carbons (Fsp3) is 0.471. The Labute approximate surface area is 135 Å². The molecule has 6 heteroatoms. The van der Waals surface area contributed by atoms with E-state index in [1.807, 2.05) is 11.8 Å². The minimum atomic E-state index is -0.421. The van der Waals surface area contributed by atoms with Crippen molar-refractivity contribution in [3.05, 3.63) is 29.8 Å². The molecule has 1 aromatic rings. The number of nitrogens with zero attached hydrogens (tertiary/aromatic N) is 1. The van der Waals surface area contributed by atoms with Gasteiger partial charge < -0.3 is 15.0 Å². The second-order valence-corrected chi connectivity index (χ2v) is 5.60. The van der Waals surface area contributed by atoms with Crippen LogP contribution in [-0.4, -0.2) is 41.8 Å². The molecule has 0 radical (unpaired) electrons. The SMILES string of the molecule is CCC(=O)N1CCC(NC(=O)c2cccc(OC(C)=O)c2)CC1. The molecule has 0 aliphatic carbocycles. The van der Waals surface area contributed by atoms with Gasteiger partial charge in [-0.05, 0) is 31.0 Å². The van der Waals surface area contributed by atoms with Gasteiger partial charge >= 0.3 is 5.97 Å². The number of carbonyl (C=O) groups is 3. The Morgan fingerprint density at radius 2 is 1.96 bits per heavy atom. The van der Waals surface area contributed by atoms with Crippen LogP contribution in [0.25, 0.3) is 0 Å². The topological polar surface area (TPSA) is 75.7 Å². The Kier molecular flexibility index (Phi) is 5.73. The van der Waals surface area contributed by atoms with E-state index in [4.69, 9.17) is 4.74 Å². The first-order chi connectivity index (χ1) is 11.0. The summed E-state index contributed by atoms with van der Waals surface area (Å²) in [5.74, 6) is -0.104. The summed E-state index contributed by atoms with van der Waals surface area (Å²) in [5, 5.41) is 2.98. The van der Waals surface area contributed by atoms with Crippen LogP contribution < -0.4 is 10.1 Å². The number of nitrogens with one attached hydrogen (secondary N) is 1. The predicted molar refractivity (Wildman–Crippen MR) is 85.1 cm³/mol. The normalized spacial score (nSPS) is 15.1. The molecule has 1 aromatic carbocycles. The average molecular weight is 318 g/mol. The maximum absolute atomic E-state index is 12.3. The van der Waals surface area contributed by atoms with Crippen molar-refractivity contribution in [3.63, 3.8) is 0 Å². The van der Waals surface area contributed by atoms with Gasteiger partial charge in [0.2, 0.25) is 5.91 Å². The van der Waals surface area contributed by atoms with Gasteiger partial charge in [0.15, 0.2) is 0 Å². The van der Waals surface area contributed by atoms with Crippen LogP contribution in [0.2, 0.25) is 0 Å². The molecule has 0 atom stereocenters. The zero-order chi connectivity index (χ0) is 16.8. The maximum Gasteiger partial charge on any atom is 0.308 e. The van der Waals surface area contributed by atoms with Crippen molar-refractivity contribution in [2.24, 2.45) is 0 Å². The molecule has 6 nitrogen and oxygen atoms in total. The van der Waals surface area contributed by atoms with Crippen LogP contribution in [0.3, 0.4) is 0 Å². The molecular formula is C17H22N2O4. The van der Waals surface area contributed by atoms with Crippen molar-refractivity contribution in [3.8, 4) is 5.75 Å². The van der Waals surface area contributed by atoms with E-state index in [0.29, 0.717) is 30.8 Å². The number of benzene rings is 1. The Morgan fingerprint density at radius 3 is 2.57 bits per heavy atom. The van der Waals surface area contributed by atoms with Crippen LogP contribution in [0.1, 0.15) is 43.5 Å². The molecule has 124 valence electrons. The standard InChI is InChI=1S/C17H22N2O4/c1-3-16(21)19-9-7-14(8-10-19)18-17(22)13-5-4-6-15(11-13)23-12(2)20/h4-6,11,14H,3,7-10H2,1-2H3,(H,18,22). The summed E-state index contributed by atoms with van der Waals surface area (Å²) in [5.41, 5.74) is 0.454. The molecule has 0 unspecified atom stereocenters.